The highest BCUT2D eigenvalue weighted by Gasteiger charge is 2.17. The number of methoxy groups -OCH3 is 1. The highest BCUT2D eigenvalue weighted by atomic mass is 32.2. The summed E-state index contributed by atoms with van der Waals surface area (Å²) < 4.78 is 42.5. The predicted octanol–water partition coefficient (Wildman–Crippen LogP) is 1.69. The second kappa shape index (κ2) is 14.1. The molecule has 0 spiro atoms. The van der Waals surface area contributed by atoms with Gasteiger partial charge in [0, 0.05) is 18.7 Å². The molecule has 1 atom stereocenters. The molecule has 0 heterocycles. The maximum atomic E-state index is 11.5. The summed E-state index contributed by atoms with van der Waals surface area (Å²) in [5.41, 5.74) is 0.0874. The van der Waals surface area contributed by atoms with Crippen LogP contribution in [0, 0.1) is 0 Å². The Bertz CT molecular complexity index is 729. The molecule has 0 N–H and O–H groups in total. The van der Waals surface area contributed by atoms with E-state index >= 15 is 0 Å². The standard InChI is InChI=1S/C9H7NO5S.C4H11NO2S.C2H6/c1-14-9(12)7-4-2-3-5-8(7)16(13)15-10-6-11;1-4-5(2)8(3,6)7;1-2/h2-5H,1H3;4H2,1-3H3;1-2H3. The van der Waals surface area contributed by atoms with Gasteiger partial charge in [-0.1, -0.05) is 32.9 Å². The van der Waals surface area contributed by atoms with Crippen LogP contribution in [0.25, 0.3) is 0 Å². The van der Waals surface area contributed by atoms with E-state index in [1.807, 2.05) is 13.8 Å². The maximum absolute atomic E-state index is 11.5. The second-order valence-corrected chi connectivity index (χ2v) is 7.30. The lowest BCUT2D eigenvalue weighted by atomic mass is 10.2. The van der Waals surface area contributed by atoms with Crippen molar-refractivity contribution in [3.05, 3.63) is 29.8 Å². The van der Waals surface area contributed by atoms with E-state index in [2.05, 4.69) is 14.2 Å². The number of sulfonamides is 1. The van der Waals surface area contributed by atoms with E-state index in [4.69, 9.17) is 0 Å². The van der Waals surface area contributed by atoms with Crippen molar-refractivity contribution in [2.45, 2.75) is 25.7 Å². The van der Waals surface area contributed by atoms with Gasteiger partial charge in [-0.25, -0.2) is 26.5 Å². The lowest BCUT2D eigenvalue weighted by Crippen LogP contribution is -2.24. The number of esters is 1. The van der Waals surface area contributed by atoms with Crippen molar-refractivity contribution in [2.24, 2.45) is 5.16 Å². The van der Waals surface area contributed by atoms with Crippen LogP contribution in [0.5, 0.6) is 0 Å². The molecule has 0 radical (unpaired) electrons. The summed E-state index contributed by atoms with van der Waals surface area (Å²) in [5, 5.41) is 2.72. The number of carbonyl (C=O) groups excluding carboxylic acids is 2. The minimum absolute atomic E-state index is 0.0772. The zero-order valence-corrected chi connectivity index (χ0v) is 17.2. The van der Waals surface area contributed by atoms with E-state index in [0.29, 0.717) is 6.54 Å². The Labute approximate surface area is 156 Å². The van der Waals surface area contributed by atoms with E-state index in [1.54, 1.807) is 26.1 Å². The predicted molar refractivity (Wildman–Crippen MR) is 97.9 cm³/mol. The van der Waals surface area contributed by atoms with Crippen LogP contribution in [-0.4, -0.2) is 55.9 Å². The molecule has 0 saturated heterocycles. The summed E-state index contributed by atoms with van der Waals surface area (Å²) in [6.45, 7) is 6.33. The van der Waals surface area contributed by atoms with E-state index in [1.165, 1.54) is 29.8 Å². The maximum Gasteiger partial charge on any atom is 0.339 e. The lowest BCUT2D eigenvalue weighted by molar-refractivity contribution is 0.0596. The fraction of sp³-hybridized carbons (Fsp3) is 0.467. The molecule has 148 valence electrons. The van der Waals surface area contributed by atoms with Crippen molar-refractivity contribution >= 4 is 33.2 Å². The largest absolute Gasteiger partial charge is 0.465 e. The quantitative estimate of drug-likeness (QED) is 0.304. The Hall–Kier alpha value is -2.07. The molecule has 0 saturated carbocycles. The van der Waals surface area contributed by atoms with Gasteiger partial charge in [-0.3, -0.25) is 4.28 Å². The van der Waals surface area contributed by atoms with Crippen LogP contribution < -0.4 is 0 Å². The molecule has 1 aromatic carbocycles. The van der Waals surface area contributed by atoms with Gasteiger partial charge < -0.3 is 4.74 Å². The summed E-state index contributed by atoms with van der Waals surface area (Å²) in [6, 6.07) is 5.97. The summed E-state index contributed by atoms with van der Waals surface area (Å²) in [6.07, 6.45) is 2.27. The molecule has 0 amide bonds. The van der Waals surface area contributed by atoms with Gasteiger partial charge >= 0.3 is 5.97 Å². The van der Waals surface area contributed by atoms with Crippen LogP contribution in [0.2, 0.25) is 0 Å². The number of rotatable bonds is 6. The number of isocyanates is 1. The van der Waals surface area contributed by atoms with E-state index < -0.39 is 27.1 Å². The van der Waals surface area contributed by atoms with Crippen LogP contribution in [0.1, 0.15) is 31.1 Å². The van der Waals surface area contributed by atoms with Gasteiger partial charge in [0.05, 0.1) is 23.8 Å². The molecule has 0 aliphatic rings. The van der Waals surface area contributed by atoms with E-state index in [9.17, 15) is 22.2 Å². The van der Waals surface area contributed by atoms with Crippen molar-refractivity contribution in [3.63, 3.8) is 0 Å². The number of nitrogens with zero attached hydrogens (tertiary/aromatic N) is 2. The highest BCUT2D eigenvalue weighted by Crippen LogP contribution is 2.15. The van der Waals surface area contributed by atoms with Gasteiger partial charge in [0.25, 0.3) is 17.2 Å². The first-order valence-electron chi connectivity index (χ1n) is 7.44. The minimum atomic E-state index is -2.92. The van der Waals surface area contributed by atoms with Crippen LogP contribution >= 0.6 is 0 Å². The number of carbonyl (C=O) groups is 1. The number of hydrogen-bond acceptors (Lipinski definition) is 8. The summed E-state index contributed by atoms with van der Waals surface area (Å²) in [5.74, 6) is -0.650. The third-order valence-corrected chi connectivity index (χ3v) is 4.94. The molecular weight excluding hydrogens is 384 g/mol. The zero-order chi connectivity index (χ0) is 20.8. The summed E-state index contributed by atoms with van der Waals surface area (Å²) >= 11 is -2.05. The van der Waals surface area contributed by atoms with Crippen molar-refractivity contribution in [3.8, 4) is 0 Å². The van der Waals surface area contributed by atoms with Gasteiger partial charge in [0.1, 0.15) is 0 Å². The molecule has 9 nitrogen and oxygen atoms in total. The van der Waals surface area contributed by atoms with Crippen molar-refractivity contribution < 1.29 is 31.2 Å². The Balaban J connectivity index is 0. The van der Waals surface area contributed by atoms with Crippen LogP contribution in [-0.2, 0) is 34.9 Å². The first-order valence-corrected chi connectivity index (χ1v) is 10.4. The minimum Gasteiger partial charge on any atom is -0.465 e. The average molecular weight is 408 g/mol. The number of hydrogen-bond donors (Lipinski definition) is 0. The van der Waals surface area contributed by atoms with Gasteiger partial charge in [-0.15, -0.1) is 0 Å². The average Bonchev–Trinajstić information content (AvgIpc) is 2.66. The normalized spacial score (nSPS) is 10.9. The van der Waals surface area contributed by atoms with Crippen molar-refractivity contribution in [1.29, 1.82) is 0 Å². The molecule has 11 heteroatoms. The topological polar surface area (TPSA) is 119 Å². The third-order valence-electron chi connectivity index (χ3n) is 2.63. The van der Waals surface area contributed by atoms with Crippen molar-refractivity contribution in [1.82, 2.24) is 4.31 Å². The second-order valence-electron chi connectivity index (χ2n) is 4.16. The molecule has 1 rings (SSSR count). The molecule has 0 bridgehead atoms. The third kappa shape index (κ3) is 10.0. The van der Waals surface area contributed by atoms with Gasteiger partial charge in [-0.2, -0.15) is 0 Å². The molecule has 0 aliphatic heterocycles. The Morgan fingerprint density at radius 2 is 1.85 bits per heavy atom. The summed E-state index contributed by atoms with van der Waals surface area (Å²) in [7, 11) is -0.168. The van der Waals surface area contributed by atoms with Crippen LogP contribution in [0.4, 0.5) is 0 Å². The smallest absolute Gasteiger partial charge is 0.339 e. The molecular formula is C15H24N2O7S2. The molecule has 1 unspecified atom stereocenters. The number of ether oxygens (including phenoxy) is 1. The molecule has 0 aromatic heterocycles. The Kier molecular flexibility index (Phi) is 14.2. The fourth-order valence-electron chi connectivity index (χ4n) is 1.21. The van der Waals surface area contributed by atoms with Gasteiger partial charge in [0.15, 0.2) is 0 Å². The van der Waals surface area contributed by atoms with Crippen molar-refractivity contribution in [2.75, 3.05) is 27.0 Å². The Morgan fingerprint density at radius 3 is 2.23 bits per heavy atom. The first-order chi connectivity index (χ1) is 12.2. The van der Waals surface area contributed by atoms with Gasteiger partial charge in [0.2, 0.25) is 10.0 Å². The van der Waals surface area contributed by atoms with Crippen LogP contribution in [0.3, 0.4) is 0 Å². The first kappa shape index (κ1) is 26.2. The van der Waals surface area contributed by atoms with E-state index in [0.717, 1.165) is 6.08 Å². The monoisotopic (exact) mass is 408 g/mol. The Morgan fingerprint density at radius 1 is 1.31 bits per heavy atom. The molecule has 26 heavy (non-hydrogen) atoms. The van der Waals surface area contributed by atoms with Crippen LogP contribution in [0.15, 0.2) is 34.3 Å². The molecule has 0 fully saturated rings. The molecule has 0 aliphatic carbocycles. The fourth-order valence-corrected chi connectivity index (χ4v) is 2.38. The van der Waals surface area contributed by atoms with Gasteiger partial charge in [-0.05, 0) is 12.1 Å². The highest BCUT2D eigenvalue weighted by molar-refractivity contribution is 7.88. The summed E-state index contributed by atoms with van der Waals surface area (Å²) in [4.78, 5) is 21.1. The number of benzene rings is 1. The van der Waals surface area contributed by atoms with E-state index in [-0.39, 0.29) is 10.5 Å². The molecule has 1 aromatic rings. The lowest BCUT2D eigenvalue weighted by Gasteiger charge is -2.08. The zero-order valence-electron chi connectivity index (χ0n) is 15.6. The SMILES string of the molecule is CC.CCN(C)S(C)(=O)=O.COC(=O)c1ccccc1S(=O)ON=C=O.